The van der Waals surface area contributed by atoms with Crippen molar-refractivity contribution in [2.45, 2.75) is 20.8 Å². The van der Waals surface area contributed by atoms with Gasteiger partial charge in [-0.25, -0.2) is 0 Å². The van der Waals surface area contributed by atoms with Crippen molar-refractivity contribution < 1.29 is 14.4 Å². The Bertz CT molecular complexity index is 857. The molecule has 2 N–H and O–H groups in total. The molecule has 0 radical (unpaired) electrons. The van der Waals surface area contributed by atoms with Gasteiger partial charge in [-0.05, 0) is 81.1 Å². The highest BCUT2D eigenvalue weighted by molar-refractivity contribution is 9.11. The van der Waals surface area contributed by atoms with E-state index in [2.05, 4.69) is 47.6 Å². The number of halogens is 2. The van der Waals surface area contributed by atoms with Crippen LogP contribution in [0.5, 0.6) is 0 Å². The second kappa shape index (κ2) is 9.66. The highest BCUT2D eigenvalue weighted by atomic mass is 79.9. The van der Waals surface area contributed by atoms with Crippen LogP contribution in [0.4, 0.5) is 11.4 Å². The predicted octanol–water partition coefficient (Wildman–Crippen LogP) is 4.86. The molecule has 8 heteroatoms. The molecular formula is C19H19Br2N3O3. The quantitative estimate of drug-likeness (QED) is 0.442. The number of aryl methyl sites for hydroxylation is 1. The van der Waals surface area contributed by atoms with Crippen molar-refractivity contribution in [2.75, 3.05) is 17.2 Å². The molecule has 0 spiro atoms. The predicted molar refractivity (Wildman–Crippen MR) is 114 cm³/mol. The molecule has 0 saturated heterocycles. The Hall–Kier alpha value is -2.19. The van der Waals surface area contributed by atoms with Crippen molar-refractivity contribution >= 4 is 60.8 Å². The first kappa shape index (κ1) is 21.1. The van der Waals surface area contributed by atoms with E-state index in [1.807, 2.05) is 31.2 Å². The minimum absolute atomic E-state index is 0.130. The fraction of sp³-hybridized carbons (Fsp3) is 0.211. The number of benzene rings is 2. The van der Waals surface area contributed by atoms with Gasteiger partial charge in [-0.15, -0.1) is 0 Å². The summed E-state index contributed by atoms with van der Waals surface area (Å²) < 4.78 is 1.56. The maximum absolute atomic E-state index is 12.1. The topological polar surface area (TPSA) is 79.8 Å². The lowest BCUT2D eigenvalue weighted by Crippen LogP contribution is -2.18. The minimum atomic E-state index is -0.321. The molecule has 0 unspecified atom stereocenters. The highest BCUT2D eigenvalue weighted by Gasteiger charge is 2.10. The summed E-state index contributed by atoms with van der Waals surface area (Å²) in [5, 5.41) is 9.44. The van der Waals surface area contributed by atoms with Gasteiger partial charge in [0.15, 0.2) is 6.61 Å². The summed E-state index contributed by atoms with van der Waals surface area (Å²) in [6.07, 6.45) is 0. The number of anilines is 2. The average molecular weight is 497 g/mol. The fourth-order valence-electron chi connectivity index (χ4n) is 2.23. The lowest BCUT2D eigenvalue weighted by atomic mass is 10.1. The minimum Gasteiger partial charge on any atom is -0.385 e. The van der Waals surface area contributed by atoms with E-state index in [1.165, 1.54) is 6.92 Å². The molecule has 2 aromatic carbocycles. The molecule has 0 aliphatic heterocycles. The van der Waals surface area contributed by atoms with Crippen LogP contribution < -0.4 is 10.6 Å². The highest BCUT2D eigenvalue weighted by Crippen LogP contribution is 2.32. The van der Waals surface area contributed by atoms with Crippen LogP contribution >= 0.6 is 31.9 Å². The Labute approximate surface area is 174 Å². The molecule has 0 aliphatic carbocycles. The SMILES string of the molecule is CC(=O)Nc1ccc(/C(C)=N/OCC(=O)Nc2c(Br)cc(C)cc2Br)cc1. The number of nitrogens with zero attached hydrogens (tertiary/aromatic N) is 1. The first-order chi connectivity index (χ1) is 12.8. The average Bonchev–Trinajstić information content (AvgIpc) is 2.58. The Morgan fingerprint density at radius 3 is 2.19 bits per heavy atom. The van der Waals surface area contributed by atoms with E-state index in [9.17, 15) is 9.59 Å². The maximum atomic E-state index is 12.1. The second-order valence-corrected chi connectivity index (χ2v) is 7.57. The van der Waals surface area contributed by atoms with Gasteiger partial charge in [0.2, 0.25) is 5.91 Å². The van der Waals surface area contributed by atoms with Crippen LogP contribution in [-0.4, -0.2) is 24.1 Å². The third-order valence-electron chi connectivity index (χ3n) is 3.47. The largest absolute Gasteiger partial charge is 0.385 e. The van der Waals surface area contributed by atoms with Crippen LogP contribution in [0.25, 0.3) is 0 Å². The van der Waals surface area contributed by atoms with Gasteiger partial charge in [0.05, 0.1) is 11.4 Å². The van der Waals surface area contributed by atoms with Gasteiger partial charge >= 0.3 is 0 Å². The van der Waals surface area contributed by atoms with Gasteiger partial charge < -0.3 is 15.5 Å². The number of amides is 2. The Balaban J connectivity index is 1.92. The zero-order valence-electron chi connectivity index (χ0n) is 15.1. The third kappa shape index (κ3) is 6.48. The van der Waals surface area contributed by atoms with E-state index >= 15 is 0 Å². The smallest absolute Gasteiger partial charge is 0.265 e. The van der Waals surface area contributed by atoms with Crippen molar-refractivity contribution in [3.63, 3.8) is 0 Å². The first-order valence-corrected chi connectivity index (χ1v) is 9.65. The summed E-state index contributed by atoms with van der Waals surface area (Å²) in [5.41, 5.74) is 3.85. The standard InChI is InChI=1S/C19H19Br2N3O3/c1-11-8-16(20)19(17(21)9-11)23-18(26)10-27-24-12(2)14-4-6-15(7-5-14)22-13(3)25/h4-9H,10H2,1-3H3,(H,22,25)(H,23,26)/b24-12+. The number of hydrogen-bond acceptors (Lipinski definition) is 4. The molecule has 2 amide bonds. The summed E-state index contributed by atoms with van der Waals surface area (Å²) in [5.74, 6) is -0.452. The normalized spacial score (nSPS) is 11.1. The number of hydrogen-bond donors (Lipinski definition) is 2. The molecule has 2 aromatic rings. The van der Waals surface area contributed by atoms with Crippen LogP contribution in [0.1, 0.15) is 25.0 Å². The van der Waals surface area contributed by atoms with Crippen molar-refractivity contribution in [3.05, 3.63) is 56.5 Å². The van der Waals surface area contributed by atoms with Gasteiger partial charge in [0, 0.05) is 21.6 Å². The molecule has 0 atom stereocenters. The zero-order valence-corrected chi connectivity index (χ0v) is 18.3. The molecule has 0 saturated carbocycles. The van der Waals surface area contributed by atoms with Crippen LogP contribution in [0.3, 0.4) is 0 Å². The Kier molecular flexibility index (Phi) is 7.55. The fourth-order valence-corrected chi connectivity index (χ4v) is 3.85. The summed E-state index contributed by atoms with van der Waals surface area (Å²) in [7, 11) is 0. The molecule has 0 heterocycles. The van der Waals surface area contributed by atoms with Crippen LogP contribution in [0, 0.1) is 6.92 Å². The monoisotopic (exact) mass is 495 g/mol. The molecule has 27 heavy (non-hydrogen) atoms. The van der Waals surface area contributed by atoms with Gasteiger partial charge in [-0.1, -0.05) is 17.3 Å². The molecular weight excluding hydrogens is 478 g/mol. The summed E-state index contributed by atoms with van der Waals surface area (Å²) in [6, 6.07) is 11.0. The molecule has 0 aliphatic rings. The molecule has 2 rings (SSSR count). The molecule has 0 fully saturated rings. The van der Waals surface area contributed by atoms with E-state index in [0.717, 1.165) is 20.1 Å². The van der Waals surface area contributed by atoms with E-state index in [0.29, 0.717) is 17.1 Å². The number of nitrogens with one attached hydrogen (secondary N) is 2. The number of oxime groups is 1. The van der Waals surface area contributed by atoms with E-state index in [-0.39, 0.29) is 18.4 Å². The van der Waals surface area contributed by atoms with Gasteiger partial charge in [-0.2, -0.15) is 0 Å². The van der Waals surface area contributed by atoms with Gasteiger partial charge in [-0.3, -0.25) is 9.59 Å². The lowest BCUT2D eigenvalue weighted by molar-refractivity contribution is -0.120. The lowest BCUT2D eigenvalue weighted by Gasteiger charge is -2.10. The summed E-state index contributed by atoms with van der Waals surface area (Å²) >= 11 is 6.86. The van der Waals surface area contributed by atoms with Crippen LogP contribution in [-0.2, 0) is 14.4 Å². The Morgan fingerprint density at radius 2 is 1.63 bits per heavy atom. The van der Waals surface area contributed by atoms with E-state index in [4.69, 9.17) is 4.84 Å². The summed E-state index contributed by atoms with van der Waals surface area (Å²) in [6.45, 7) is 4.98. The van der Waals surface area contributed by atoms with Crippen molar-refractivity contribution in [2.24, 2.45) is 5.16 Å². The van der Waals surface area contributed by atoms with Crippen LogP contribution in [0.2, 0.25) is 0 Å². The van der Waals surface area contributed by atoms with E-state index in [1.54, 1.807) is 19.1 Å². The second-order valence-electron chi connectivity index (χ2n) is 5.86. The number of rotatable bonds is 6. The first-order valence-electron chi connectivity index (χ1n) is 8.06. The number of carbonyl (C=O) groups excluding carboxylic acids is 2. The number of carbonyl (C=O) groups is 2. The van der Waals surface area contributed by atoms with E-state index < -0.39 is 0 Å². The molecule has 142 valence electrons. The van der Waals surface area contributed by atoms with Crippen LogP contribution in [0.15, 0.2) is 50.5 Å². The van der Waals surface area contributed by atoms with Crippen molar-refractivity contribution in [1.82, 2.24) is 0 Å². The molecule has 0 aromatic heterocycles. The van der Waals surface area contributed by atoms with Gasteiger partial charge in [0.25, 0.3) is 5.91 Å². The van der Waals surface area contributed by atoms with Crippen molar-refractivity contribution in [1.29, 1.82) is 0 Å². The maximum Gasteiger partial charge on any atom is 0.265 e. The third-order valence-corrected chi connectivity index (χ3v) is 4.72. The molecule has 0 bridgehead atoms. The molecule has 6 nitrogen and oxygen atoms in total. The summed E-state index contributed by atoms with van der Waals surface area (Å²) in [4.78, 5) is 28.3. The van der Waals surface area contributed by atoms with Crippen molar-refractivity contribution in [3.8, 4) is 0 Å². The Morgan fingerprint density at radius 1 is 1.04 bits per heavy atom. The van der Waals surface area contributed by atoms with Gasteiger partial charge in [0.1, 0.15) is 0 Å². The zero-order chi connectivity index (χ0) is 20.0.